The summed E-state index contributed by atoms with van der Waals surface area (Å²) in [6.45, 7) is 3.03. The van der Waals surface area contributed by atoms with Crippen molar-refractivity contribution >= 4 is 40.5 Å². The summed E-state index contributed by atoms with van der Waals surface area (Å²) >= 11 is 11.8. The van der Waals surface area contributed by atoms with Crippen molar-refractivity contribution < 1.29 is 9.53 Å². The van der Waals surface area contributed by atoms with Crippen LogP contribution in [0, 0.1) is 0 Å². The molecule has 0 bridgehead atoms. The van der Waals surface area contributed by atoms with Gasteiger partial charge in [-0.1, -0.05) is 23.2 Å². The minimum absolute atomic E-state index is 0.0743. The molecule has 0 aliphatic carbocycles. The van der Waals surface area contributed by atoms with Crippen molar-refractivity contribution in [2.45, 2.75) is 13.3 Å². The van der Waals surface area contributed by atoms with Gasteiger partial charge in [0, 0.05) is 34.4 Å². The number of ether oxygens (including phenoxy) is 1. The Hall–Kier alpha value is -1.91. The SMILES string of the molecule is CCOc1ccc(NC(=O)CCNc2cc(Cl)cc(Cl)c2)cc1. The summed E-state index contributed by atoms with van der Waals surface area (Å²) in [5.74, 6) is 0.708. The first-order chi connectivity index (χ1) is 11.1. The van der Waals surface area contributed by atoms with Crippen LogP contribution in [0.1, 0.15) is 13.3 Å². The molecule has 2 rings (SSSR count). The summed E-state index contributed by atoms with van der Waals surface area (Å²) in [7, 11) is 0. The van der Waals surface area contributed by atoms with Gasteiger partial charge in [-0.2, -0.15) is 0 Å². The minimum atomic E-state index is -0.0743. The highest BCUT2D eigenvalue weighted by molar-refractivity contribution is 6.35. The van der Waals surface area contributed by atoms with Gasteiger partial charge in [-0.3, -0.25) is 4.79 Å². The standard InChI is InChI=1S/C17H18Cl2N2O2/c1-2-23-16-5-3-14(4-6-16)21-17(22)7-8-20-15-10-12(18)9-13(19)11-15/h3-6,9-11,20H,2,7-8H2,1H3,(H,21,22). The topological polar surface area (TPSA) is 50.4 Å². The molecule has 0 aliphatic rings. The fourth-order valence-corrected chi connectivity index (χ4v) is 2.53. The molecule has 122 valence electrons. The molecule has 4 nitrogen and oxygen atoms in total. The zero-order chi connectivity index (χ0) is 16.7. The Bertz CT molecular complexity index is 640. The third-order valence-corrected chi connectivity index (χ3v) is 3.43. The van der Waals surface area contributed by atoms with E-state index in [1.165, 1.54) is 0 Å². The van der Waals surface area contributed by atoms with Crippen LogP contribution in [0.4, 0.5) is 11.4 Å². The highest BCUT2D eigenvalue weighted by atomic mass is 35.5. The Labute approximate surface area is 145 Å². The van der Waals surface area contributed by atoms with Crippen LogP contribution in [0.25, 0.3) is 0 Å². The van der Waals surface area contributed by atoms with Gasteiger partial charge in [-0.05, 0) is 49.4 Å². The molecular weight excluding hydrogens is 335 g/mol. The third-order valence-electron chi connectivity index (χ3n) is 2.99. The lowest BCUT2D eigenvalue weighted by Crippen LogP contribution is -2.16. The second-order valence-electron chi connectivity index (χ2n) is 4.84. The molecule has 2 aromatic rings. The smallest absolute Gasteiger partial charge is 0.226 e. The van der Waals surface area contributed by atoms with Gasteiger partial charge in [0.2, 0.25) is 5.91 Å². The van der Waals surface area contributed by atoms with Crippen LogP contribution in [0.5, 0.6) is 5.75 Å². The second-order valence-corrected chi connectivity index (χ2v) is 5.71. The molecule has 0 saturated heterocycles. The van der Waals surface area contributed by atoms with E-state index in [2.05, 4.69) is 10.6 Å². The Morgan fingerprint density at radius 2 is 1.70 bits per heavy atom. The number of rotatable bonds is 7. The van der Waals surface area contributed by atoms with Crippen LogP contribution >= 0.6 is 23.2 Å². The lowest BCUT2D eigenvalue weighted by molar-refractivity contribution is -0.115. The summed E-state index contributed by atoms with van der Waals surface area (Å²) in [6.07, 6.45) is 0.331. The normalized spacial score (nSPS) is 10.2. The maximum Gasteiger partial charge on any atom is 0.226 e. The number of hydrogen-bond acceptors (Lipinski definition) is 3. The van der Waals surface area contributed by atoms with E-state index < -0.39 is 0 Å². The van der Waals surface area contributed by atoms with Gasteiger partial charge in [0.05, 0.1) is 6.61 Å². The van der Waals surface area contributed by atoms with E-state index in [0.29, 0.717) is 29.6 Å². The molecule has 0 atom stereocenters. The maximum absolute atomic E-state index is 11.9. The van der Waals surface area contributed by atoms with Crippen molar-refractivity contribution in [1.29, 1.82) is 0 Å². The molecule has 0 radical (unpaired) electrons. The average Bonchev–Trinajstić information content (AvgIpc) is 2.48. The summed E-state index contributed by atoms with van der Waals surface area (Å²) in [5.41, 5.74) is 1.53. The third kappa shape index (κ3) is 6.00. The Balaban J connectivity index is 1.78. The van der Waals surface area contributed by atoms with E-state index in [9.17, 15) is 4.79 Å². The zero-order valence-corrected chi connectivity index (χ0v) is 14.2. The van der Waals surface area contributed by atoms with Crippen LogP contribution in [-0.2, 0) is 4.79 Å². The summed E-state index contributed by atoms with van der Waals surface area (Å²) in [6, 6.07) is 12.5. The Kier molecular flexibility index (Phi) is 6.56. The van der Waals surface area contributed by atoms with E-state index in [-0.39, 0.29) is 5.91 Å². The maximum atomic E-state index is 11.9. The molecule has 0 aromatic heterocycles. The van der Waals surface area contributed by atoms with Gasteiger partial charge >= 0.3 is 0 Å². The van der Waals surface area contributed by atoms with Crippen molar-refractivity contribution in [3.63, 3.8) is 0 Å². The summed E-state index contributed by atoms with van der Waals surface area (Å²) < 4.78 is 5.35. The average molecular weight is 353 g/mol. The number of amides is 1. The number of carbonyl (C=O) groups is 1. The molecule has 0 unspecified atom stereocenters. The molecule has 23 heavy (non-hydrogen) atoms. The van der Waals surface area contributed by atoms with Gasteiger partial charge in [0.25, 0.3) is 0 Å². The first-order valence-electron chi connectivity index (χ1n) is 7.29. The van der Waals surface area contributed by atoms with Crippen LogP contribution in [0.2, 0.25) is 10.0 Å². The highest BCUT2D eigenvalue weighted by Gasteiger charge is 2.04. The fraction of sp³-hybridized carbons (Fsp3) is 0.235. The quantitative estimate of drug-likeness (QED) is 0.749. The molecule has 0 spiro atoms. The van der Waals surface area contributed by atoms with Gasteiger partial charge in [-0.25, -0.2) is 0 Å². The van der Waals surface area contributed by atoms with E-state index in [0.717, 1.165) is 17.1 Å². The van der Waals surface area contributed by atoms with E-state index in [4.69, 9.17) is 27.9 Å². The Morgan fingerprint density at radius 1 is 1.04 bits per heavy atom. The molecule has 0 saturated carbocycles. The highest BCUT2D eigenvalue weighted by Crippen LogP contribution is 2.22. The van der Waals surface area contributed by atoms with Crippen molar-refractivity contribution in [3.05, 3.63) is 52.5 Å². The first-order valence-corrected chi connectivity index (χ1v) is 8.05. The molecule has 6 heteroatoms. The van der Waals surface area contributed by atoms with Crippen LogP contribution in [-0.4, -0.2) is 19.1 Å². The second kappa shape index (κ2) is 8.65. The van der Waals surface area contributed by atoms with Gasteiger partial charge in [-0.15, -0.1) is 0 Å². The van der Waals surface area contributed by atoms with Gasteiger partial charge in [0.1, 0.15) is 5.75 Å². The molecule has 1 amide bonds. The molecule has 2 N–H and O–H groups in total. The van der Waals surface area contributed by atoms with Gasteiger partial charge < -0.3 is 15.4 Å². The predicted molar refractivity (Wildman–Crippen MR) is 95.8 cm³/mol. The monoisotopic (exact) mass is 352 g/mol. The van der Waals surface area contributed by atoms with Gasteiger partial charge in [0.15, 0.2) is 0 Å². The zero-order valence-electron chi connectivity index (χ0n) is 12.7. The van der Waals surface area contributed by atoms with E-state index >= 15 is 0 Å². The molecule has 2 aromatic carbocycles. The Morgan fingerprint density at radius 3 is 2.30 bits per heavy atom. The first kappa shape index (κ1) is 17.4. The molecule has 0 aliphatic heterocycles. The number of benzene rings is 2. The summed E-state index contributed by atoms with van der Waals surface area (Å²) in [5, 5.41) is 7.06. The fourth-order valence-electron chi connectivity index (χ4n) is 2.00. The van der Waals surface area contributed by atoms with E-state index in [1.54, 1.807) is 18.2 Å². The molecule has 0 heterocycles. The van der Waals surface area contributed by atoms with E-state index in [1.807, 2.05) is 31.2 Å². The number of carbonyl (C=O) groups excluding carboxylic acids is 1. The van der Waals surface area contributed by atoms with Crippen LogP contribution < -0.4 is 15.4 Å². The van der Waals surface area contributed by atoms with Crippen molar-refractivity contribution in [3.8, 4) is 5.75 Å². The number of anilines is 2. The van der Waals surface area contributed by atoms with Crippen molar-refractivity contribution in [1.82, 2.24) is 0 Å². The molecular formula is C17H18Cl2N2O2. The minimum Gasteiger partial charge on any atom is -0.494 e. The van der Waals surface area contributed by atoms with Crippen LogP contribution in [0.15, 0.2) is 42.5 Å². The number of halogens is 2. The lowest BCUT2D eigenvalue weighted by atomic mass is 10.2. The summed E-state index contributed by atoms with van der Waals surface area (Å²) in [4.78, 5) is 11.9. The lowest BCUT2D eigenvalue weighted by Gasteiger charge is -2.09. The number of hydrogen-bond donors (Lipinski definition) is 2. The largest absolute Gasteiger partial charge is 0.494 e. The predicted octanol–water partition coefficient (Wildman–Crippen LogP) is 4.83. The molecule has 0 fully saturated rings. The van der Waals surface area contributed by atoms with Crippen molar-refractivity contribution in [2.75, 3.05) is 23.8 Å². The van der Waals surface area contributed by atoms with Crippen molar-refractivity contribution in [2.24, 2.45) is 0 Å². The number of nitrogens with one attached hydrogen (secondary N) is 2. The van der Waals surface area contributed by atoms with Crippen LogP contribution in [0.3, 0.4) is 0 Å².